The van der Waals surface area contributed by atoms with Gasteiger partial charge in [-0.2, -0.15) is 26.3 Å². The Morgan fingerprint density at radius 3 is 2.26 bits per heavy atom. The van der Waals surface area contributed by atoms with Crippen LogP contribution in [0.4, 0.5) is 30.7 Å². The van der Waals surface area contributed by atoms with Crippen molar-refractivity contribution in [1.82, 2.24) is 10.6 Å². The van der Waals surface area contributed by atoms with Gasteiger partial charge in [-0.25, -0.2) is 8.79 Å². The second-order valence-electron chi connectivity index (χ2n) is 8.93. The maximum absolute atomic E-state index is 14.4. The maximum Gasteiger partial charge on any atom is 0.409 e. The van der Waals surface area contributed by atoms with Crippen LogP contribution in [-0.2, 0) is 22.4 Å². The highest BCUT2D eigenvalue weighted by Gasteiger charge is 2.60. The van der Waals surface area contributed by atoms with Crippen molar-refractivity contribution in [3.63, 3.8) is 0 Å². The van der Waals surface area contributed by atoms with Gasteiger partial charge in [-0.15, -0.1) is 0 Å². The third-order valence-corrected chi connectivity index (χ3v) is 8.16. The van der Waals surface area contributed by atoms with Crippen LogP contribution in [0.3, 0.4) is 0 Å². The molecule has 0 radical (unpaired) electrons. The van der Waals surface area contributed by atoms with Crippen molar-refractivity contribution < 1.29 is 40.3 Å². The van der Waals surface area contributed by atoms with E-state index in [9.17, 15) is 40.3 Å². The van der Waals surface area contributed by atoms with E-state index >= 15 is 0 Å². The number of halogens is 9. The first-order chi connectivity index (χ1) is 18.1. The van der Waals surface area contributed by atoms with Gasteiger partial charge in [0.1, 0.15) is 6.54 Å². The molecule has 1 unspecified atom stereocenters. The number of hydrogen-bond acceptors (Lipinski definition) is 4. The van der Waals surface area contributed by atoms with Gasteiger partial charge in [-0.05, 0) is 66.1 Å². The zero-order chi connectivity index (χ0) is 28.8. The summed E-state index contributed by atoms with van der Waals surface area (Å²) in [7, 11) is 0. The van der Waals surface area contributed by atoms with Crippen molar-refractivity contribution >= 4 is 52.7 Å². The molecule has 1 atom stereocenters. The summed E-state index contributed by atoms with van der Waals surface area (Å²) in [5.74, 6) is -2.77. The van der Waals surface area contributed by atoms with Crippen LogP contribution in [0.2, 0.25) is 10.0 Å². The van der Waals surface area contributed by atoms with Gasteiger partial charge in [0.2, 0.25) is 5.91 Å². The number of carbonyl (C=O) groups excluding carboxylic acids is 2. The molecular weight excluding hydrogens is 598 g/mol. The standard InChI is InChI=1S/C24H18Cl2F7N3O2S/c25-16-6-11(7-17(26)20(16)27)22(24(31,32)33)8-18(36-39-22)14-4-5-15(13-3-1-2-12(13)14)21(38)34-9-19(37)35-10-23(28,29)30/h4-7H,1-3,8-10H2,(H,34,38)(H,35,37). The maximum atomic E-state index is 14.4. The van der Waals surface area contributed by atoms with E-state index in [0.717, 1.165) is 12.1 Å². The summed E-state index contributed by atoms with van der Waals surface area (Å²) in [5, 5.41) is 2.80. The predicted octanol–water partition coefficient (Wildman–Crippen LogP) is 6.33. The molecule has 1 heterocycles. The third-order valence-electron chi connectivity index (χ3n) is 6.37. The largest absolute Gasteiger partial charge is 0.409 e. The van der Waals surface area contributed by atoms with E-state index < -0.39 is 64.3 Å². The summed E-state index contributed by atoms with van der Waals surface area (Å²) in [6.07, 6.45) is -8.53. The fraction of sp³-hybridized carbons (Fsp3) is 0.375. The van der Waals surface area contributed by atoms with Gasteiger partial charge in [0, 0.05) is 17.5 Å². The second kappa shape index (κ2) is 10.8. The van der Waals surface area contributed by atoms with Crippen LogP contribution in [0, 0.1) is 5.82 Å². The monoisotopic (exact) mass is 615 g/mol. The Hall–Kier alpha value is -2.51. The summed E-state index contributed by atoms with van der Waals surface area (Å²) < 4.78 is 95.6. The predicted molar refractivity (Wildman–Crippen MR) is 133 cm³/mol. The number of carbonyl (C=O) groups is 2. The van der Waals surface area contributed by atoms with Crippen LogP contribution >= 0.6 is 35.1 Å². The molecule has 0 bridgehead atoms. The Morgan fingerprint density at radius 2 is 1.64 bits per heavy atom. The summed E-state index contributed by atoms with van der Waals surface area (Å²) >= 11 is 11.8. The number of nitrogens with zero attached hydrogens (tertiary/aromatic N) is 1. The molecule has 1 aliphatic heterocycles. The van der Waals surface area contributed by atoms with E-state index in [0.29, 0.717) is 36.0 Å². The van der Waals surface area contributed by atoms with Gasteiger partial charge in [0.15, 0.2) is 10.6 Å². The highest BCUT2D eigenvalue weighted by Crippen LogP contribution is 2.57. The highest BCUT2D eigenvalue weighted by atomic mass is 35.5. The quantitative estimate of drug-likeness (QED) is 0.227. The first kappa shape index (κ1) is 29.5. The van der Waals surface area contributed by atoms with E-state index in [1.165, 1.54) is 12.1 Å². The molecule has 2 N–H and O–H groups in total. The number of rotatable bonds is 6. The molecule has 5 nitrogen and oxygen atoms in total. The topological polar surface area (TPSA) is 70.6 Å². The molecule has 2 aromatic rings. The van der Waals surface area contributed by atoms with Crippen LogP contribution in [0.5, 0.6) is 0 Å². The van der Waals surface area contributed by atoms with Crippen LogP contribution in [0.1, 0.15) is 45.5 Å². The van der Waals surface area contributed by atoms with Crippen molar-refractivity contribution in [2.45, 2.75) is 42.8 Å². The molecule has 210 valence electrons. The molecule has 0 aromatic heterocycles. The molecule has 4 rings (SSSR count). The smallest absolute Gasteiger partial charge is 0.345 e. The first-order valence-electron chi connectivity index (χ1n) is 11.4. The molecule has 0 saturated carbocycles. The minimum atomic E-state index is -4.82. The van der Waals surface area contributed by atoms with E-state index in [1.807, 2.05) is 0 Å². The van der Waals surface area contributed by atoms with Gasteiger partial charge in [-0.1, -0.05) is 29.3 Å². The molecule has 0 fully saturated rings. The lowest BCUT2D eigenvalue weighted by Crippen LogP contribution is -2.41. The normalized spacial score (nSPS) is 19.1. The lowest BCUT2D eigenvalue weighted by Gasteiger charge is -2.30. The van der Waals surface area contributed by atoms with Crippen molar-refractivity contribution in [3.05, 3.63) is 67.9 Å². The zero-order valence-electron chi connectivity index (χ0n) is 19.6. The Labute approximate surface area is 231 Å². The zero-order valence-corrected chi connectivity index (χ0v) is 22.0. The molecule has 0 saturated heterocycles. The molecule has 2 aliphatic rings. The van der Waals surface area contributed by atoms with Crippen molar-refractivity contribution in [2.75, 3.05) is 13.1 Å². The van der Waals surface area contributed by atoms with Crippen molar-refractivity contribution in [1.29, 1.82) is 0 Å². The Kier molecular flexibility index (Phi) is 8.17. The lowest BCUT2D eigenvalue weighted by molar-refractivity contribution is -0.159. The second-order valence-corrected chi connectivity index (χ2v) is 10.8. The van der Waals surface area contributed by atoms with E-state index in [1.54, 1.807) is 5.32 Å². The fourth-order valence-electron chi connectivity index (χ4n) is 4.54. The number of nitrogens with one attached hydrogen (secondary N) is 2. The molecule has 1 aliphatic carbocycles. The average molecular weight is 616 g/mol. The van der Waals surface area contributed by atoms with Crippen LogP contribution in [0.15, 0.2) is 28.7 Å². The van der Waals surface area contributed by atoms with Crippen LogP contribution < -0.4 is 10.6 Å². The number of hydrogen-bond donors (Lipinski definition) is 2. The first-order valence-corrected chi connectivity index (χ1v) is 12.9. The molecule has 0 spiro atoms. The third kappa shape index (κ3) is 5.99. The van der Waals surface area contributed by atoms with Gasteiger partial charge < -0.3 is 10.6 Å². The summed E-state index contributed by atoms with van der Waals surface area (Å²) in [4.78, 5) is 24.3. The number of alkyl halides is 6. The highest BCUT2D eigenvalue weighted by molar-refractivity contribution is 7.99. The minimum absolute atomic E-state index is 0.116. The van der Waals surface area contributed by atoms with Gasteiger partial charge >= 0.3 is 12.4 Å². The number of benzene rings is 2. The van der Waals surface area contributed by atoms with Gasteiger partial charge in [0.25, 0.3) is 5.91 Å². The molecule has 39 heavy (non-hydrogen) atoms. The number of fused-ring (bicyclic) bond motifs is 1. The Morgan fingerprint density at radius 1 is 1.00 bits per heavy atom. The molecule has 15 heteroatoms. The summed E-state index contributed by atoms with van der Waals surface area (Å²) in [6, 6.07) is 4.60. The molecule has 2 aromatic carbocycles. The van der Waals surface area contributed by atoms with E-state index in [-0.39, 0.29) is 28.8 Å². The van der Waals surface area contributed by atoms with E-state index in [4.69, 9.17) is 23.2 Å². The van der Waals surface area contributed by atoms with Gasteiger partial charge in [0.05, 0.1) is 22.3 Å². The summed E-state index contributed by atoms with van der Waals surface area (Å²) in [5.41, 5.74) is 1.53. The van der Waals surface area contributed by atoms with Crippen LogP contribution in [0.25, 0.3) is 0 Å². The van der Waals surface area contributed by atoms with E-state index in [2.05, 4.69) is 9.71 Å². The van der Waals surface area contributed by atoms with Crippen LogP contribution in [-0.4, -0.2) is 43.0 Å². The Balaban J connectivity index is 1.58. The van der Waals surface area contributed by atoms with Crippen molar-refractivity contribution in [2.24, 2.45) is 4.40 Å². The SMILES string of the molecule is O=C(CNC(=O)c1ccc(C2=NSC(c3cc(Cl)c(F)c(Cl)c3)(C(F)(F)F)C2)c2c1CCC2)NCC(F)(F)F. The lowest BCUT2D eigenvalue weighted by atomic mass is 9.87. The molecule has 2 amide bonds. The average Bonchev–Trinajstić information content (AvgIpc) is 3.51. The molecular formula is C24H18Cl2F7N3O2S. The van der Waals surface area contributed by atoms with Crippen molar-refractivity contribution in [3.8, 4) is 0 Å². The van der Waals surface area contributed by atoms with Gasteiger partial charge in [-0.3, -0.25) is 9.59 Å². The Bertz CT molecular complexity index is 1340. The fourth-order valence-corrected chi connectivity index (χ4v) is 5.99. The minimum Gasteiger partial charge on any atom is -0.345 e. The summed E-state index contributed by atoms with van der Waals surface area (Å²) in [6.45, 7) is -2.23. The number of amides is 2.